The second-order valence-corrected chi connectivity index (χ2v) is 7.19. The molecule has 1 nitrogen and oxygen atoms in total. The molecule has 0 radical (unpaired) electrons. The van der Waals surface area contributed by atoms with Crippen LogP contribution in [0.3, 0.4) is 0 Å². The van der Waals surface area contributed by atoms with E-state index in [9.17, 15) is 0 Å². The zero-order valence-electron chi connectivity index (χ0n) is 12.8. The predicted molar refractivity (Wildman–Crippen MR) is 96.7 cm³/mol. The fourth-order valence-corrected chi connectivity index (χ4v) is 4.07. The second-order valence-electron chi connectivity index (χ2n) is 5.35. The minimum atomic E-state index is 0.200. The van der Waals surface area contributed by atoms with Crippen molar-refractivity contribution in [2.24, 2.45) is 0 Å². The van der Waals surface area contributed by atoms with Crippen molar-refractivity contribution in [3.8, 4) is 5.75 Å². The highest BCUT2D eigenvalue weighted by Crippen LogP contribution is 2.46. The van der Waals surface area contributed by atoms with Gasteiger partial charge in [-0.05, 0) is 42.5 Å². The summed E-state index contributed by atoms with van der Waals surface area (Å²) in [7, 11) is 1.74. The van der Waals surface area contributed by atoms with Gasteiger partial charge in [0.1, 0.15) is 5.75 Å². The standard InChI is InChI=1S/C18H20Br2O/c1-11-10-15(19)13(3)16(18(11)21-4)17(20)12(2)14-8-6-5-7-9-14/h5-10,12,17H,1-4H3. The summed E-state index contributed by atoms with van der Waals surface area (Å²) in [6.45, 7) is 6.46. The molecular weight excluding hydrogens is 392 g/mol. The van der Waals surface area contributed by atoms with Crippen molar-refractivity contribution in [2.45, 2.75) is 31.5 Å². The zero-order chi connectivity index (χ0) is 15.6. The van der Waals surface area contributed by atoms with Crippen molar-refractivity contribution in [3.63, 3.8) is 0 Å². The van der Waals surface area contributed by atoms with Crippen LogP contribution in [0.25, 0.3) is 0 Å². The van der Waals surface area contributed by atoms with Crippen LogP contribution in [0, 0.1) is 13.8 Å². The first kappa shape index (κ1) is 16.6. The Labute approximate surface area is 144 Å². The van der Waals surface area contributed by atoms with E-state index in [2.05, 4.69) is 89.0 Å². The molecular formula is C18H20Br2O. The summed E-state index contributed by atoms with van der Waals surface area (Å²) in [5.41, 5.74) is 4.91. The minimum absolute atomic E-state index is 0.200. The van der Waals surface area contributed by atoms with E-state index >= 15 is 0 Å². The molecule has 0 spiro atoms. The number of aryl methyl sites for hydroxylation is 1. The normalized spacial score (nSPS) is 13.8. The number of methoxy groups -OCH3 is 1. The molecule has 0 amide bonds. The summed E-state index contributed by atoms with van der Waals surface area (Å²) in [6, 6.07) is 12.7. The lowest BCUT2D eigenvalue weighted by Gasteiger charge is -2.25. The molecule has 2 unspecified atom stereocenters. The molecule has 0 heterocycles. The van der Waals surface area contributed by atoms with E-state index in [1.807, 2.05) is 0 Å². The van der Waals surface area contributed by atoms with Gasteiger partial charge < -0.3 is 4.74 Å². The van der Waals surface area contributed by atoms with Crippen molar-refractivity contribution < 1.29 is 4.74 Å². The summed E-state index contributed by atoms with van der Waals surface area (Å²) in [5, 5.41) is 0. The van der Waals surface area contributed by atoms with Crippen molar-refractivity contribution in [1.29, 1.82) is 0 Å². The maximum Gasteiger partial charge on any atom is 0.126 e. The average molecular weight is 412 g/mol. The van der Waals surface area contributed by atoms with E-state index in [-0.39, 0.29) is 4.83 Å². The van der Waals surface area contributed by atoms with Gasteiger partial charge in [0.05, 0.1) is 11.9 Å². The number of benzene rings is 2. The van der Waals surface area contributed by atoms with Gasteiger partial charge in [0.25, 0.3) is 0 Å². The number of rotatable bonds is 4. The topological polar surface area (TPSA) is 9.23 Å². The van der Waals surface area contributed by atoms with Crippen LogP contribution < -0.4 is 4.74 Å². The molecule has 0 N–H and O–H groups in total. The molecule has 0 bridgehead atoms. The Kier molecular flexibility index (Phi) is 5.50. The van der Waals surface area contributed by atoms with E-state index in [0.29, 0.717) is 5.92 Å². The SMILES string of the molecule is COc1c(C)cc(Br)c(C)c1C(Br)C(C)c1ccccc1. The summed E-state index contributed by atoms with van der Waals surface area (Å²) >= 11 is 7.56. The van der Waals surface area contributed by atoms with E-state index < -0.39 is 0 Å². The summed E-state index contributed by atoms with van der Waals surface area (Å²) in [4.78, 5) is 0.200. The molecule has 112 valence electrons. The lowest BCUT2D eigenvalue weighted by Crippen LogP contribution is -2.07. The average Bonchev–Trinajstić information content (AvgIpc) is 2.50. The van der Waals surface area contributed by atoms with Gasteiger partial charge in [0, 0.05) is 10.0 Å². The van der Waals surface area contributed by atoms with Gasteiger partial charge in [-0.15, -0.1) is 0 Å². The quantitative estimate of drug-likeness (QED) is 0.535. The first-order valence-corrected chi connectivity index (χ1v) is 8.70. The fraction of sp³-hybridized carbons (Fsp3) is 0.333. The molecule has 2 aromatic carbocycles. The molecule has 0 aliphatic heterocycles. The van der Waals surface area contributed by atoms with Crippen LogP contribution in [0.4, 0.5) is 0 Å². The molecule has 2 aromatic rings. The molecule has 0 saturated heterocycles. The maximum absolute atomic E-state index is 5.67. The Morgan fingerprint density at radius 2 is 1.71 bits per heavy atom. The van der Waals surface area contributed by atoms with Crippen LogP contribution in [-0.4, -0.2) is 7.11 Å². The van der Waals surface area contributed by atoms with E-state index in [4.69, 9.17) is 4.74 Å². The largest absolute Gasteiger partial charge is 0.496 e. The van der Waals surface area contributed by atoms with Gasteiger partial charge in [0.15, 0.2) is 0 Å². The Hall–Kier alpha value is -0.800. The van der Waals surface area contributed by atoms with Gasteiger partial charge >= 0.3 is 0 Å². The van der Waals surface area contributed by atoms with Crippen molar-refractivity contribution in [2.75, 3.05) is 7.11 Å². The van der Waals surface area contributed by atoms with Gasteiger partial charge in [-0.25, -0.2) is 0 Å². The first-order chi connectivity index (χ1) is 9.97. The van der Waals surface area contributed by atoms with Crippen LogP contribution >= 0.6 is 31.9 Å². The molecule has 0 fully saturated rings. The number of halogens is 2. The number of hydrogen-bond acceptors (Lipinski definition) is 1. The van der Waals surface area contributed by atoms with Crippen LogP contribution in [-0.2, 0) is 0 Å². The summed E-state index contributed by atoms with van der Waals surface area (Å²) < 4.78 is 6.79. The Balaban J connectivity index is 2.50. The highest BCUT2D eigenvalue weighted by atomic mass is 79.9. The monoisotopic (exact) mass is 410 g/mol. The van der Waals surface area contributed by atoms with Gasteiger partial charge in [-0.3, -0.25) is 0 Å². The molecule has 2 atom stereocenters. The molecule has 0 aromatic heterocycles. The van der Waals surface area contributed by atoms with Gasteiger partial charge in [-0.1, -0.05) is 69.1 Å². The fourth-order valence-electron chi connectivity index (χ4n) is 2.65. The predicted octanol–water partition coefficient (Wildman–Crippen LogP) is 6.31. The Bertz CT molecular complexity index is 623. The molecule has 0 aliphatic carbocycles. The number of alkyl halides is 1. The zero-order valence-corrected chi connectivity index (χ0v) is 16.0. The van der Waals surface area contributed by atoms with Gasteiger partial charge in [0.2, 0.25) is 0 Å². The van der Waals surface area contributed by atoms with Crippen LogP contribution in [0.1, 0.15) is 39.9 Å². The second kappa shape index (κ2) is 6.97. The molecule has 21 heavy (non-hydrogen) atoms. The molecule has 0 saturated carbocycles. The van der Waals surface area contributed by atoms with E-state index in [1.54, 1.807) is 7.11 Å². The minimum Gasteiger partial charge on any atom is -0.496 e. The third-order valence-electron chi connectivity index (χ3n) is 3.95. The first-order valence-electron chi connectivity index (χ1n) is 7.00. The summed E-state index contributed by atoms with van der Waals surface area (Å²) in [5.74, 6) is 1.33. The number of hydrogen-bond donors (Lipinski definition) is 0. The number of ether oxygens (including phenoxy) is 1. The Morgan fingerprint density at radius 1 is 1.10 bits per heavy atom. The van der Waals surface area contributed by atoms with E-state index in [0.717, 1.165) is 15.8 Å². The highest BCUT2D eigenvalue weighted by Gasteiger charge is 2.25. The lowest BCUT2D eigenvalue weighted by molar-refractivity contribution is 0.404. The maximum atomic E-state index is 5.67. The van der Waals surface area contributed by atoms with Gasteiger partial charge in [-0.2, -0.15) is 0 Å². The van der Waals surface area contributed by atoms with Crippen LogP contribution in [0.15, 0.2) is 40.9 Å². The Morgan fingerprint density at radius 3 is 2.29 bits per heavy atom. The van der Waals surface area contributed by atoms with Crippen molar-refractivity contribution in [3.05, 3.63) is 63.1 Å². The highest BCUT2D eigenvalue weighted by molar-refractivity contribution is 9.10. The third kappa shape index (κ3) is 3.35. The smallest absolute Gasteiger partial charge is 0.126 e. The summed E-state index contributed by atoms with van der Waals surface area (Å²) in [6.07, 6.45) is 0. The third-order valence-corrected chi connectivity index (χ3v) is 6.03. The molecule has 3 heteroatoms. The van der Waals surface area contributed by atoms with Crippen molar-refractivity contribution >= 4 is 31.9 Å². The van der Waals surface area contributed by atoms with Crippen LogP contribution in [0.5, 0.6) is 5.75 Å². The van der Waals surface area contributed by atoms with Crippen LogP contribution in [0.2, 0.25) is 0 Å². The van der Waals surface area contributed by atoms with Crippen molar-refractivity contribution in [1.82, 2.24) is 0 Å². The lowest BCUT2D eigenvalue weighted by atomic mass is 9.90. The van der Waals surface area contributed by atoms with E-state index in [1.165, 1.54) is 16.7 Å². The molecule has 2 rings (SSSR count). The molecule has 0 aliphatic rings.